The lowest BCUT2D eigenvalue weighted by atomic mass is 10.1. The first-order valence-corrected chi connectivity index (χ1v) is 8.89. The van der Waals surface area contributed by atoms with Crippen LogP contribution in [0, 0.1) is 0 Å². The number of amides is 1. The van der Waals surface area contributed by atoms with Gasteiger partial charge in [0.05, 0.1) is 18.6 Å². The fourth-order valence-electron chi connectivity index (χ4n) is 1.31. The van der Waals surface area contributed by atoms with E-state index in [-0.39, 0.29) is 45.6 Å². The van der Waals surface area contributed by atoms with Gasteiger partial charge in [-0.1, -0.05) is 8.93 Å². The zero-order valence-corrected chi connectivity index (χ0v) is 14.7. The molecule has 0 aliphatic heterocycles. The summed E-state index contributed by atoms with van der Waals surface area (Å²) in [5.74, 6) is -0.370. The molecule has 0 aliphatic carbocycles. The maximum absolute atomic E-state index is 11.7. The standard InChI is InChI=1S/C10H22NO5P3/c1-7(12)14-6-9(15-17)4-8(16-19-18)5-10(13)11(2)3/h8-9,19H,4-6,17-18H2,1-3H3/t8-,9+/m1/s1. The molecule has 0 bridgehead atoms. The fraction of sp³-hybridized carbons (Fsp3) is 0.800. The van der Waals surface area contributed by atoms with Gasteiger partial charge >= 0.3 is 5.97 Å². The van der Waals surface area contributed by atoms with Crippen molar-refractivity contribution in [2.45, 2.75) is 32.0 Å². The van der Waals surface area contributed by atoms with E-state index in [2.05, 4.69) is 18.4 Å². The zero-order chi connectivity index (χ0) is 14.8. The predicted molar refractivity (Wildman–Crippen MR) is 82.0 cm³/mol. The molecule has 0 aromatic rings. The van der Waals surface area contributed by atoms with Gasteiger partial charge in [-0.15, -0.1) is 0 Å². The molecule has 3 unspecified atom stereocenters. The van der Waals surface area contributed by atoms with Crippen LogP contribution < -0.4 is 0 Å². The van der Waals surface area contributed by atoms with Gasteiger partial charge in [-0.3, -0.25) is 9.59 Å². The number of hydrogen-bond acceptors (Lipinski definition) is 5. The second-order valence-electron chi connectivity index (χ2n) is 4.15. The molecular formula is C10H22NO5P3. The predicted octanol–water partition coefficient (Wildman–Crippen LogP) is 1.36. The quantitative estimate of drug-likeness (QED) is 0.472. The molecule has 0 saturated carbocycles. The molecule has 0 saturated heterocycles. The molecule has 19 heavy (non-hydrogen) atoms. The first-order chi connectivity index (χ1) is 8.90. The molecule has 0 heterocycles. The molecule has 5 atom stereocenters. The Kier molecular flexibility index (Phi) is 11.0. The van der Waals surface area contributed by atoms with Gasteiger partial charge < -0.3 is 18.7 Å². The molecule has 0 fully saturated rings. The maximum Gasteiger partial charge on any atom is 0.302 e. The highest BCUT2D eigenvalue weighted by atomic mass is 32.0. The molecule has 112 valence electrons. The molecule has 1 amide bonds. The van der Waals surface area contributed by atoms with Crippen LogP contribution in [0.1, 0.15) is 19.8 Å². The third-order valence-corrected chi connectivity index (χ3v) is 3.59. The molecular weight excluding hydrogens is 307 g/mol. The molecule has 0 N–H and O–H groups in total. The van der Waals surface area contributed by atoms with Gasteiger partial charge in [0.15, 0.2) is 0 Å². The van der Waals surface area contributed by atoms with Gasteiger partial charge in [0.1, 0.15) is 6.61 Å². The smallest absolute Gasteiger partial charge is 0.302 e. The van der Waals surface area contributed by atoms with E-state index in [1.54, 1.807) is 14.1 Å². The Balaban J connectivity index is 4.35. The Morgan fingerprint density at radius 2 is 1.95 bits per heavy atom. The van der Waals surface area contributed by atoms with E-state index in [0.717, 1.165) is 0 Å². The molecule has 0 aromatic heterocycles. The van der Waals surface area contributed by atoms with Crippen molar-refractivity contribution in [3.63, 3.8) is 0 Å². The number of esters is 1. The normalized spacial score (nSPS) is 14.4. The Morgan fingerprint density at radius 1 is 1.32 bits per heavy atom. The van der Waals surface area contributed by atoms with Crippen LogP contribution in [0.3, 0.4) is 0 Å². The topological polar surface area (TPSA) is 65.1 Å². The zero-order valence-electron chi connectivity index (χ0n) is 11.4. The fourth-order valence-corrected chi connectivity index (χ4v) is 2.45. The number of hydrogen-bond donors (Lipinski definition) is 0. The summed E-state index contributed by atoms with van der Waals surface area (Å²) in [5.41, 5.74) is 0. The first-order valence-electron chi connectivity index (χ1n) is 5.71. The summed E-state index contributed by atoms with van der Waals surface area (Å²) >= 11 is 0. The monoisotopic (exact) mass is 329 g/mol. The lowest BCUT2D eigenvalue weighted by molar-refractivity contribution is -0.144. The van der Waals surface area contributed by atoms with Gasteiger partial charge in [0, 0.05) is 45.4 Å². The number of carbonyl (C=O) groups is 2. The minimum absolute atomic E-state index is 0.0109. The van der Waals surface area contributed by atoms with Crippen LogP contribution >= 0.6 is 26.9 Å². The van der Waals surface area contributed by atoms with E-state index in [0.29, 0.717) is 6.42 Å². The Labute approximate surface area is 120 Å². The van der Waals surface area contributed by atoms with E-state index in [9.17, 15) is 9.59 Å². The third kappa shape index (κ3) is 9.65. The molecule has 9 heteroatoms. The van der Waals surface area contributed by atoms with E-state index in [1.165, 1.54) is 11.8 Å². The first kappa shape index (κ1) is 19.1. The summed E-state index contributed by atoms with van der Waals surface area (Å²) in [6.07, 6.45) is 0.193. The van der Waals surface area contributed by atoms with Crippen molar-refractivity contribution in [1.29, 1.82) is 0 Å². The molecule has 0 aliphatic rings. The summed E-state index contributed by atoms with van der Waals surface area (Å²) in [6, 6.07) is 0. The number of nitrogens with zero attached hydrogens (tertiary/aromatic N) is 1. The number of carbonyl (C=O) groups excluding carboxylic acids is 2. The average molecular weight is 329 g/mol. The Hall–Kier alpha value is 0.150. The van der Waals surface area contributed by atoms with Gasteiger partial charge in [-0.05, 0) is 0 Å². The second kappa shape index (κ2) is 10.9. The minimum Gasteiger partial charge on any atom is -0.463 e. The van der Waals surface area contributed by atoms with Crippen molar-refractivity contribution in [3.05, 3.63) is 0 Å². The minimum atomic E-state index is -0.359. The van der Waals surface area contributed by atoms with Crippen LogP contribution in [-0.2, 0) is 23.4 Å². The SMILES string of the molecule is CC(=O)OC[C@H](C[C@H](CC(=O)N(C)C)OPP)OP. The second-order valence-corrected chi connectivity index (χ2v) is 5.60. The number of rotatable bonds is 9. The van der Waals surface area contributed by atoms with E-state index in [4.69, 9.17) is 13.8 Å². The van der Waals surface area contributed by atoms with Crippen molar-refractivity contribution in [2.24, 2.45) is 0 Å². The summed E-state index contributed by atoms with van der Waals surface area (Å²) < 4.78 is 15.6. The van der Waals surface area contributed by atoms with Crippen molar-refractivity contribution in [2.75, 3.05) is 20.7 Å². The highest BCUT2D eigenvalue weighted by Gasteiger charge is 2.21. The molecule has 0 radical (unpaired) electrons. The van der Waals surface area contributed by atoms with Crippen molar-refractivity contribution in [1.82, 2.24) is 4.90 Å². The summed E-state index contributed by atoms with van der Waals surface area (Å²) in [4.78, 5) is 24.0. The molecule has 0 rings (SSSR count). The van der Waals surface area contributed by atoms with Gasteiger partial charge in [-0.2, -0.15) is 0 Å². The van der Waals surface area contributed by atoms with E-state index in [1.807, 2.05) is 0 Å². The Morgan fingerprint density at radius 3 is 2.37 bits per heavy atom. The van der Waals surface area contributed by atoms with Crippen LogP contribution in [-0.4, -0.2) is 49.7 Å². The van der Waals surface area contributed by atoms with Crippen LogP contribution in [0.25, 0.3) is 0 Å². The van der Waals surface area contributed by atoms with Gasteiger partial charge in [0.25, 0.3) is 0 Å². The summed E-state index contributed by atoms with van der Waals surface area (Å²) in [5, 5.41) is 0. The van der Waals surface area contributed by atoms with Crippen LogP contribution in [0.15, 0.2) is 0 Å². The summed E-state index contributed by atoms with van der Waals surface area (Å²) in [6.45, 7) is 1.49. The largest absolute Gasteiger partial charge is 0.463 e. The van der Waals surface area contributed by atoms with Crippen LogP contribution in [0.5, 0.6) is 0 Å². The van der Waals surface area contributed by atoms with Crippen molar-refractivity contribution >= 4 is 38.8 Å². The average Bonchev–Trinajstić information content (AvgIpc) is 2.33. The maximum atomic E-state index is 11.7. The lowest BCUT2D eigenvalue weighted by Crippen LogP contribution is -2.30. The molecule has 0 aromatic carbocycles. The van der Waals surface area contributed by atoms with E-state index < -0.39 is 0 Å². The molecule has 6 nitrogen and oxygen atoms in total. The summed E-state index contributed by atoms with van der Waals surface area (Å²) in [7, 11) is 8.23. The van der Waals surface area contributed by atoms with Crippen molar-refractivity contribution in [3.8, 4) is 0 Å². The highest BCUT2D eigenvalue weighted by molar-refractivity contribution is 8.00. The lowest BCUT2D eigenvalue weighted by Gasteiger charge is -2.23. The third-order valence-electron chi connectivity index (χ3n) is 2.33. The van der Waals surface area contributed by atoms with Gasteiger partial charge in [-0.25, -0.2) is 0 Å². The van der Waals surface area contributed by atoms with E-state index >= 15 is 0 Å². The van der Waals surface area contributed by atoms with Crippen LogP contribution in [0.2, 0.25) is 0 Å². The molecule has 0 spiro atoms. The highest BCUT2D eigenvalue weighted by Crippen LogP contribution is 2.28. The van der Waals surface area contributed by atoms with Gasteiger partial charge in [0.2, 0.25) is 5.91 Å². The van der Waals surface area contributed by atoms with Crippen LogP contribution in [0.4, 0.5) is 0 Å². The van der Waals surface area contributed by atoms with Crippen molar-refractivity contribution < 1.29 is 23.4 Å². The number of ether oxygens (including phenoxy) is 1. The Bertz CT molecular complexity index is 290.